The topological polar surface area (TPSA) is 131 Å². The minimum absolute atomic E-state index is 0.0905. The first-order chi connectivity index (χ1) is 20.1. The van der Waals surface area contributed by atoms with Crippen LogP contribution >= 0.6 is 0 Å². The molecule has 42 heavy (non-hydrogen) atoms. The highest BCUT2D eigenvalue weighted by Gasteiger charge is 2.49. The largest absolute Gasteiger partial charge is 0.450 e. The molecule has 0 bridgehead atoms. The number of aromatic nitrogens is 2. The molecule has 2 aliphatic rings. The molecule has 9 heteroatoms. The molecule has 2 aromatic carbocycles. The average Bonchev–Trinajstić information content (AvgIpc) is 2.97. The molecule has 1 aromatic heterocycles. The smallest absolute Gasteiger partial charge is 0.409 e. The van der Waals surface area contributed by atoms with Gasteiger partial charge in [-0.25, -0.2) is 4.79 Å². The van der Waals surface area contributed by atoms with Crippen LogP contribution in [0, 0.1) is 5.92 Å². The number of hydrogen-bond acceptors (Lipinski definition) is 7. The van der Waals surface area contributed by atoms with Gasteiger partial charge < -0.3 is 25.8 Å². The quantitative estimate of drug-likeness (QED) is 0.326. The van der Waals surface area contributed by atoms with Crippen molar-refractivity contribution < 1.29 is 19.4 Å². The van der Waals surface area contributed by atoms with Crippen molar-refractivity contribution in [2.75, 3.05) is 19.0 Å². The highest BCUT2D eigenvalue weighted by molar-refractivity contribution is 5.91. The van der Waals surface area contributed by atoms with Gasteiger partial charge in [-0.1, -0.05) is 54.6 Å². The highest BCUT2D eigenvalue weighted by atomic mass is 16.6. The van der Waals surface area contributed by atoms with E-state index in [1.165, 1.54) is 0 Å². The second kappa shape index (κ2) is 12.2. The molecule has 1 heterocycles. The Hall–Kier alpha value is -3.82. The van der Waals surface area contributed by atoms with Gasteiger partial charge in [-0.05, 0) is 75.5 Å². The summed E-state index contributed by atoms with van der Waals surface area (Å²) < 4.78 is 5.12. The van der Waals surface area contributed by atoms with E-state index in [2.05, 4.69) is 15.5 Å². The van der Waals surface area contributed by atoms with E-state index in [9.17, 15) is 14.7 Å². The van der Waals surface area contributed by atoms with E-state index >= 15 is 0 Å². The standard InChI is InChI=1S/C33H41N5O4/c1-4-42-31(40)38(3)26-16-10-22(11-17-26)18-29(39)35-28-19-27(23-8-6-5-7-9-23)30(37-36-28)24-12-14-25(15-13-24)33(34)20-32(2,41)21-33/h5-9,12-15,19,22,26,41H,4,10-11,16-18,20-21,34H2,1-3H3,(H,35,36,39)/t22?,26?,32-,33-. The Kier molecular flexibility index (Phi) is 8.61. The first-order valence-corrected chi connectivity index (χ1v) is 14.8. The molecule has 5 rings (SSSR count). The molecule has 222 valence electrons. The van der Waals surface area contributed by atoms with Crippen LogP contribution in [0.25, 0.3) is 22.4 Å². The molecule has 0 atom stereocenters. The molecule has 2 aliphatic carbocycles. The third-order valence-electron chi connectivity index (χ3n) is 8.67. The average molecular weight is 572 g/mol. The number of amides is 2. The van der Waals surface area contributed by atoms with E-state index in [0.717, 1.165) is 47.9 Å². The summed E-state index contributed by atoms with van der Waals surface area (Å²) in [5.41, 5.74) is 9.71. The van der Waals surface area contributed by atoms with Gasteiger partial charge in [0.25, 0.3) is 0 Å². The lowest BCUT2D eigenvalue weighted by Crippen LogP contribution is -2.58. The van der Waals surface area contributed by atoms with Gasteiger partial charge in [-0.15, -0.1) is 10.2 Å². The van der Waals surface area contributed by atoms with Crippen molar-refractivity contribution in [3.63, 3.8) is 0 Å². The van der Waals surface area contributed by atoms with Gasteiger partial charge in [-0.3, -0.25) is 4.79 Å². The lowest BCUT2D eigenvalue weighted by molar-refractivity contribution is -0.117. The molecule has 0 radical (unpaired) electrons. The maximum atomic E-state index is 13.0. The number of nitrogens with zero attached hydrogens (tertiary/aromatic N) is 3. The lowest BCUT2D eigenvalue weighted by Gasteiger charge is -2.49. The fourth-order valence-electron chi connectivity index (χ4n) is 6.54. The first kappa shape index (κ1) is 29.7. The fraction of sp³-hybridized carbons (Fsp3) is 0.455. The Morgan fingerprint density at radius 1 is 1.02 bits per heavy atom. The van der Waals surface area contributed by atoms with E-state index in [0.29, 0.717) is 37.4 Å². The number of hydrogen-bond donors (Lipinski definition) is 3. The molecule has 0 unspecified atom stereocenters. The number of aliphatic hydroxyl groups is 1. The summed E-state index contributed by atoms with van der Waals surface area (Å²) in [4.78, 5) is 26.7. The van der Waals surface area contributed by atoms with Crippen LogP contribution in [-0.2, 0) is 15.1 Å². The van der Waals surface area contributed by atoms with Gasteiger partial charge in [0.2, 0.25) is 5.91 Å². The zero-order valence-electron chi connectivity index (χ0n) is 24.7. The summed E-state index contributed by atoms with van der Waals surface area (Å²) >= 11 is 0. The molecular weight excluding hydrogens is 530 g/mol. The second-order valence-electron chi connectivity index (χ2n) is 12.2. The van der Waals surface area contributed by atoms with Crippen LogP contribution in [0.15, 0.2) is 60.7 Å². The predicted octanol–water partition coefficient (Wildman–Crippen LogP) is 5.49. The van der Waals surface area contributed by atoms with Crippen LogP contribution in [0.5, 0.6) is 0 Å². The Morgan fingerprint density at radius 3 is 2.31 bits per heavy atom. The molecular formula is C33H41N5O4. The number of carbonyl (C=O) groups is 2. The van der Waals surface area contributed by atoms with Crippen LogP contribution in [0.1, 0.15) is 64.4 Å². The number of ether oxygens (including phenoxy) is 1. The summed E-state index contributed by atoms with van der Waals surface area (Å²) in [6, 6.07) is 19.9. The van der Waals surface area contributed by atoms with Gasteiger partial charge in [0.15, 0.2) is 5.82 Å². The summed E-state index contributed by atoms with van der Waals surface area (Å²) in [5.74, 6) is 0.571. The number of carbonyl (C=O) groups excluding carboxylic acids is 2. The SMILES string of the molecule is CCOC(=O)N(C)C1CCC(CC(=O)Nc2cc(-c3ccccc3)c(-c3ccc([C@]4(N)C[C@](C)(O)C4)cc3)nn2)CC1. The van der Waals surface area contributed by atoms with Crippen molar-refractivity contribution in [2.45, 2.75) is 76.0 Å². The Bertz CT molecular complexity index is 1390. The van der Waals surface area contributed by atoms with E-state index in [1.807, 2.05) is 67.6 Å². The molecule has 9 nitrogen and oxygen atoms in total. The van der Waals surface area contributed by atoms with Crippen molar-refractivity contribution in [3.8, 4) is 22.4 Å². The van der Waals surface area contributed by atoms with E-state index in [4.69, 9.17) is 10.5 Å². The number of nitrogens with two attached hydrogens (primary N) is 1. The summed E-state index contributed by atoms with van der Waals surface area (Å²) in [5, 5.41) is 22.1. The minimum atomic E-state index is -0.722. The van der Waals surface area contributed by atoms with Crippen LogP contribution in [0.2, 0.25) is 0 Å². The third kappa shape index (κ3) is 6.63. The van der Waals surface area contributed by atoms with Crippen LogP contribution in [0.3, 0.4) is 0 Å². The zero-order valence-corrected chi connectivity index (χ0v) is 24.7. The molecule has 2 saturated carbocycles. The molecule has 2 amide bonds. The number of rotatable bonds is 8. The van der Waals surface area contributed by atoms with Crippen molar-refractivity contribution in [3.05, 3.63) is 66.2 Å². The Balaban J connectivity index is 1.27. The molecule has 2 fully saturated rings. The normalized spacial score (nSPS) is 25.3. The van der Waals surface area contributed by atoms with Gasteiger partial charge in [-0.2, -0.15) is 0 Å². The second-order valence-corrected chi connectivity index (χ2v) is 12.2. The summed E-state index contributed by atoms with van der Waals surface area (Å²) in [7, 11) is 1.78. The molecule has 3 aromatic rings. The van der Waals surface area contributed by atoms with Gasteiger partial charge in [0, 0.05) is 36.2 Å². The van der Waals surface area contributed by atoms with Crippen molar-refractivity contribution in [1.29, 1.82) is 0 Å². The monoisotopic (exact) mass is 571 g/mol. The van der Waals surface area contributed by atoms with Gasteiger partial charge in [0.1, 0.15) is 5.69 Å². The fourth-order valence-corrected chi connectivity index (χ4v) is 6.54. The maximum Gasteiger partial charge on any atom is 0.409 e. The third-order valence-corrected chi connectivity index (χ3v) is 8.67. The molecule has 0 spiro atoms. The van der Waals surface area contributed by atoms with Crippen LogP contribution in [0.4, 0.5) is 10.6 Å². The zero-order chi connectivity index (χ0) is 29.9. The van der Waals surface area contributed by atoms with Crippen LogP contribution in [-0.4, -0.2) is 57.5 Å². The number of nitrogens with one attached hydrogen (secondary N) is 1. The number of anilines is 1. The summed E-state index contributed by atoms with van der Waals surface area (Å²) in [6.07, 6.45) is 4.60. The van der Waals surface area contributed by atoms with Crippen molar-refractivity contribution in [2.24, 2.45) is 11.7 Å². The Morgan fingerprint density at radius 2 is 1.69 bits per heavy atom. The molecule has 0 aliphatic heterocycles. The number of benzene rings is 2. The summed E-state index contributed by atoms with van der Waals surface area (Å²) in [6.45, 7) is 3.98. The maximum absolute atomic E-state index is 13.0. The van der Waals surface area contributed by atoms with Gasteiger partial charge >= 0.3 is 6.09 Å². The molecule has 0 saturated heterocycles. The van der Waals surface area contributed by atoms with E-state index < -0.39 is 11.1 Å². The van der Waals surface area contributed by atoms with Crippen molar-refractivity contribution >= 4 is 17.8 Å². The van der Waals surface area contributed by atoms with E-state index in [-0.39, 0.29) is 24.0 Å². The Labute approximate surface area is 247 Å². The van der Waals surface area contributed by atoms with Crippen LogP contribution < -0.4 is 11.1 Å². The van der Waals surface area contributed by atoms with Gasteiger partial charge in [0.05, 0.1) is 12.2 Å². The minimum Gasteiger partial charge on any atom is -0.450 e. The first-order valence-electron chi connectivity index (χ1n) is 14.8. The lowest BCUT2D eigenvalue weighted by atomic mass is 9.63. The molecule has 4 N–H and O–H groups in total. The van der Waals surface area contributed by atoms with Crippen molar-refractivity contribution in [1.82, 2.24) is 15.1 Å². The predicted molar refractivity (Wildman–Crippen MR) is 162 cm³/mol. The highest BCUT2D eigenvalue weighted by Crippen LogP contribution is 2.46. The van der Waals surface area contributed by atoms with E-state index in [1.54, 1.807) is 18.9 Å².